The van der Waals surface area contributed by atoms with E-state index < -0.39 is 0 Å². The summed E-state index contributed by atoms with van der Waals surface area (Å²) in [5, 5.41) is 3.06. The van der Waals surface area contributed by atoms with Crippen molar-refractivity contribution in [1.29, 1.82) is 0 Å². The summed E-state index contributed by atoms with van der Waals surface area (Å²) in [6.45, 7) is 1.88. The van der Waals surface area contributed by atoms with E-state index in [0.717, 1.165) is 13.1 Å². The molecule has 1 saturated heterocycles. The van der Waals surface area contributed by atoms with Gasteiger partial charge in [0.1, 0.15) is 0 Å². The quantitative estimate of drug-likeness (QED) is 0.926. The molecule has 3 nitrogen and oxygen atoms in total. The minimum absolute atomic E-state index is 0.310. The second-order valence-electron chi connectivity index (χ2n) is 4.14. The van der Waals surface area contributed by atoms with Crippen molar-refractivity contribution in [1.82, 2.24) is 9.88 Å². The third-order valence-electron chi connectivity index (χ3n) is 2.98. The Morgan fingerprint density at radius 1 is 1.69 bits per heavy atom. The molecule has 0 aromatic carbocycles. The molecule has 1 atom stereocenters. The van der Waals surface area contributed by atoms with E-state index in [9.17, 15) is 4.39 Å². The van der Waals surface area contributed by atoms with E-state index >= 15 is 0 Å². The van der Waals surface area contributed by atoms with Gasteiger partial charge in [-0.25, -0.2) is 9.37 Å². The number of pyridine rings is 1. The zero-order valence-electron chi connectivity index (χ0n) is 9.21. The summed E-state index contributed by atoms with van der Waals surface area (Å²) in [5.41, 5.74) is 0. The lowest BCUT2D eigenvalue weighted by molar-refractivity contribution is 0.322. The zero-order chi connectivity index (χ0) is 11.5. The van der Waals surface area contributed by atoms with Crippen LogP contribution in [0.3, 0.4) is 0 Å². The van der Waals surface area contributed by atoms with Crippen molar-refractivity contribution in [2.45, 2.75) is 18.9 Å². The number of hydrogen-bond acceptors (Lipinski definition) is 3. The van der Waals surface area contributed by atoms with E-state index in [1.165, 1.54) is 18.9 Å². The highest BCUT2D eigenvalue weighted by Crippen LogP contribution is 2.18. The summed E-state index contributed by atoms with van der Waals surface area (Å²) in [6.07, 6.45) is 3.99. The summed E-state index contributed by atoms with van der Waals surface area (Å²) < 4.78 is 14.1. The lowest BCUT2D eigenvalue weighted by Gasteiger charge is -2.20. The summed E-state index contributed by atoms with van der Waals surface area (Å²) >= 11 is 3.18. The van der Waals surface area contributed by atoms with Crippen molar-refractivity contribution in [2.75, 3.05) is 25.5 Å². The van der Waals surface area contributed by atoms with Gasteiger partial charge in [0.05, 0.1) is 0 Å². The molecule has 0 radical (unpaired) electrons. The third kappa shape index (κ3) is 2.71. The van der Waals surface area contributed by atoms with Crippen LogP contribution >= 0.6 is 15.9 Å². The summed E-state index contributed by atoms with van der Waals surface area (Å²) in [5.74, 6) is 0.0264. The molecular formula is C11H15BrFN3. The molecule has 1 aliphatic rings. The van der Waals surface area contributed by atoms with Gasteiger partial charge in [0.15, 0.2) is 11.6 Å². The van der Waals surface area contributed by atoms with Crippen molar-refractivity contribution >= 4 is 21.7 Å². The predicted octanol–water partition coefficient (Wildman–Crippen LogP) is 2.49. The fraction of sp³-hybridized carbons (Fsp3) is 0.545. The first-order valence-electron chi connectivity index (χ1n) is 5.42. The predicted molar refractivity (Wildman–Crippen MR) is 66.0 cm³/mol. The highest BCUT2D eigenvalue weighted by Gasteiger charge is 2.20. The van der Waals surface area contributed by atoms with E-state index in [4.69, 9.17) is 0 Å². The third-order valence-corrected chi connectivity index (χ3v) is 3.42. The first-order chi connectivity index (χ1) is 7.66. The van der Waals surface area contributed by atoms with E-state index in [-0.39, 0.29) is 5.82 Å². The molecule has 1 fully saturated rings. The lowest BCUT2D eigenvalue weighted by Crippen LogP contribution is -2.31. The van der Waals surface area contributed by atoms with Crippen LogP contribution in [0.15, 0.2) is 16.7 Å². The van der Waals surface area contributed by atoms with Crippen LogP contribution in [0.5, 0.6) is 0 Å². The number of rotatable bonds is 3. The van der Waals surface area contributed by atoms with Gasteiger partial charge in [0, 0.05) is 23.3 Å². The monoisotopic (exact) mass is 287 g/mol. The van der Waals surface area contributed by atoms with Crippen LogP contribution in [0.25, 0.3) is 0 Å². The summed E-state index contributed by atoms with van der Waals surface area (Å²) in [7, 11) is 2.10. The molecule has 0 spiro atoms. The second-order valence-corrected chi connectivity index (χ2v) is 5.06. The molecule has 1 aliphatic heterocycles. The minimum Gasteiger partial charge on any atom is -0.366 e. The Balaban J connectivity index is 1.94. The second kappa shape index (κ2) is 5.10. The first-order valence-corrected chi connectivity index (χ1v) is 6.21. The molecule has 1 aromatic heterocycles. The average Bonchev–Trinajstić information content (AvgIpc) is 2.63. The van der Waals surface area contributed by atoms with Crippen molar-refractivity contribution in [3.8, 4) is 0 Å². The molecule has 5 heteroatoms. The van der Waals surface area contributed by atoms with Crippen LogP contribution in [-0.4, -0.2) is 36.1 Å². The molecule has 88 valence electrons. The summed E-state index contributed by atoms with van der Waals surface area (Å²) in [4.78, 5) is 6.31. The Hall–Kier alpha value is -0.680. The number of nitrogens with one attached hydrogen (secondary N) is 1. The van der Waals surface area contributed by atoms with Gasteiger partial charge in [-0.3, -0.25) is 0 Å². The van der Waals surface area contributed by atoms with Gasteiger partial charge in [-0.2, -0.15) is 0 Å². The molecule has 0 aliphatic carbocycles. The normalized spacial score (nSPS) is 21.3. The fourth-order valence-corrected chi connectivity index (χ4v) is 2.30. The van der Waals surface area contributed by atoms with E-state index in [2.05, 4.69) is 38.2 Å². The highest BCUT2D eigenvalue weighted by atomic mass is 79.9. The fourth-order valence-electron chi connectivity index (χ4n) is 2.00. The molecule has 1 aromatic rings. The van der Waals surface area contributed by atoms with Crippen molar-refractivity contribution in [3.63, 3.8) is 0 Å². The van der Waals surface area contributed by atoms with Crippen LogP contribution in [0.4, 0.5) is 10.2 Å². The maximum Gasteiger partial charge on any atom is 0.166 e. The van der Waals surface area contributed by atoms with Crippen LogP contribution in [-0.2, 0) is 0 Å². The van der Waals surface area contributed by atoms with Gasteiger partial charge >= 0.3 is 0 Å². The Labute approximate surface area is 103 Å². The van der Waals surface area contributed by atoms with Crippen LogP contribution in [0.1, 0.15) is 12.8 Å². The maximum atomic E-state index is 13.5. The Morgan fingerprint density at radius 2 is 2.50 bits per heavy atom. The topological polar surface area (TPSA) is 28.2 Å². The van der Waals surface area contributed by atoms with Gasteiger partial charge < -0.3 is 10.2 Å². The number of anilines is 1. The van der Waals surface area contributed by atoms with Gasteiger partial charge in [-0.1, -0.05) is 0 Å². The number of aromatic nitrogens is 1. The minimum atomic E-state index is -0.310. The van der Waals surface area contributed by atoms with Gasteiger partial charge in [-0.05, 0) is 48.4 Å². The van der Waals surface area contributed by atoms with E-state index in [1.807, 2.05) is 0 Å². The Morgan fingerprint density at radius 3 is 3.12 bits per heavy atom. The first kappa shape index (κ1) is 11.8. The molecule has 16 heavy (non-hydrogen) atoms. The number of hydrogen-bond donors (Lipinski definition) is 1. The molecule has 1 N–H and O–H groups in total. The highest BCUT2D eigenvalue weighted by molar-refractivity contribution is 9.10. The standard InChI is InChI=1S/C11H15BrFN3/c1-16-4-2-3-9(16)7-15-11-10(13)5-8(12)6-14-11/h5-6,9H,2-4,7H2,1H3,(H,14,15). The van der Waals surface area contributed by atoms with E-state index in [1.54, 1.807) is 6.20 Å². The van der Waals surface area contributed by atoms with Crippen molar-refractivity contribution < 1.29 is 4.39 Å². The maximum absolute atomic E-state index is 13.5. The average molecular weight is 288 g/mol. The summed E-state index contributed by atoms with van der Waals surface area (Å²) in [6, 6.07) is 1.91. The molecule has 1 unspecified atom stereocenters. The lowest BCUT2D eigenvalue weighted by atomic mass is 10.2. The smallest absolute Gasteiger partial charge is 0.166 e. The van der Waals surface area contributed by atoms with Crippen LogP contribution in [0.2, 0.25) is 0 Å². The largest absolute Gasteiger partial charge is 0.366 e. The van der Waals surface area contributed by atoms with Crippen LogP contribution in [0, 0.1) is 5.82 Å². The molecule has 0 amide bonds. The van der Waals surface area contributed by atoms with Crippen molar-refractivity contribution in [2.24, 2.45) is 0 Å². The number of nitrogens with zero attached hydrogens (tertiary/aromatic N) is 2. The van der Waals surface area contributed by atoms with Gasteiger partial charge in [-0.15, -0.1) is 0 Å². The van der Waals surface area contributed by atoms with Crippen LogP contribution < -0.4 is 5.32 Å². The Bertz CT molecular complexity index is 372. The number of likely N-dealkylation sites (tertiary alicyclic amines) is 1. The van der Waals surface area contributed by atoms with Gasteiger partial charge in [0.25, 0.3) is 0 Å². The zero-order valence-corrected chi connectivity index (χ0v) is 10.8. The molecule has 2 heterocycles. The van der Waals surface area contributed by atoms with E-state index in [0.29, 0.717) is 16.3 Å². The molecule has 0 saturated carbocycles. The van der Waals surface area contributed by atoms with Crippen molar-refractivity contribution in [3.05, 3.63) is 22.6 Å². The molecule has 0 bridgehead atoms. The molecular weight excluding hydrogens is 273 g/mol. The number of likely N-dealkylation sites (N-methyl/N-ethyl adjacent to an activating group) is 1. The SMILES string of the molecule is CN1CCCC1CNc1ncc(Br)cc1F. The van der Waals surface area contributed by atoms with Gasteiger partial charge in [0.2, 0.25) is 0 Å². The Kier molecular flexibility index (Phi) is 3.76. The number of halogens is 2. The molecule has 2 rings (SSSR count).